The monoisotopic (exact) mass is 603 g/mol. The maximum atomic E-state index is 14.8. The molecule has 1 amide bonds. The summed E-state index contributed by atoms with van der Waals surface area (Å²) in [6.45, 7) is 3.49. The summed E-state index contributed by atoms with van der Waals surface area (Å²) in [6.07, 6.45) is 9.28. The Morgan fingerprint density at radius 2 is 1.93 bits per heavy atom. The fourth-order valence-electron chi connectivity index (χ4n) is 5.83. The number of halogens is 1. The van der Waals surface area contributed by atoms with Crippen LogP contribution in [0.5, 0.6) is 5.75 Å². The molecule has 8 rings (SSSR count). The average Bonchev–Trinajstić information content (AvgIpc) is 3.40. The van der Waals surface area contributed by atoms with E-state index in [1.807, 2.05) is 30.3 Å². The molecule has 1 aromatic carbocycles. The lowest BCUT2D eigenvalue weighted by Crippen LogP contribution is -2.25. The van der Waals surface area contributed by atoms with E-state index in [0.29, 0.717) is 57.5 Å². The molecule has 1 saturated carbocycles. The molecule has 11 nitrogen and oxygen atoms in total. The summed E-state index contributed by atoms with van der Waals surface area (Å²) in [6, 6.07) is 12.2. The highest BCUT2D eigenvalue weighted by atomic mass is 19.1. The van der Waals surface area contributed by atoms with Crippen LogP contribution in [0.3, 0.4) is 0 Å². The van der Waals surface area contributed by atoms with Gasteiger partial charge in [-0.2, -0.15) is 5.10 Å². The molecule has 2 fully saturated rings. The third kappa shape index (κ3) is 5.60. The molecule has 45 heavy (non-hydrogen) atoms. The molecule has 0 bridgehead atoms. The molecule has 0 atom stereocenters. The Morgan fingerprint density at radius 3 is 2.80 bits per heavy atom. The predicted octanol–water partition coefficient (Wildman–Crippen LogP) is 5.59. The number of hydrogen-bond donors (Lipinski definition) is 3. The minimum atomic E-state index is -0.380. The van der Waals surface area contributed by atoms with E-state index < -0.39 is 0 Å². The zero-order valence-corrected chi connectivity index (χ0v) is 24.4. The molecular weight excluding hydrogens is 573 g/mol. The molecule has 0 radical (unpaired) electrons. The third-order valence-corrected chi connectivity index (χ3v) is 8.33. The van der Waals surface area contributed by atoms with Gasteiger partial charge in [-0.15, -0.1) is 0 Å². The lowest BCUT2D eigenvalue weighted by molar-refractivity contribution is -0.117. The molecule has 226 valence electrons. The van der Waals surface area contributed by atoms with Gasteiger partial charge in [0.25, 0.3) is 0 Å². The number of carbonyl (C=O) groups is 1. The first-order valence-corrected chi connectivity index (χ1v) is 15.2. The van der Waals surface area contributed by atoms with Crippen LogP contribution in [0.15, 0.2) is 61.1 Å². The zero-order valence-electron chi connectivity index (χ0n) is 24.4. The number of carbonyl (C=O) groups excluding carboxylic acids is 1. The quantitative estimate of drug-likeness (QED) is 0.195. The Hall–Kier alpha value is -5.23. The van der Waals surface area contributed by atoms with E-state index in [0.717, 1.165) is 49.1 Å². The number of benzene rings is 1. The van der Waals surface area contributed by atoms with Gasteiger partial charge in [0.1, 0.15) is 23.7 Å². The van der Waals surface area contributed by atoms with E-state index in [2.05, 4.69) is 35.4 Å². The number of amides is 1. The Morgan fingerprint density at radius 1 is 1.04 bits per heavy atom. The van der Waals surface area contributed by atoms with Crippen molar-refractivity contribution in [2.24, 2.45) is 5.92 Å². The lowest BCUT2D eigenvalue weighted by Gasteiger charge is -2.15. The van der Waals surface area contributed by atoms with Crippen LogP contribution in [0.2, 0.25) is 0 Å². The van der Waals surface area contributed by atoms with Gasteiger partial charge in [-0.05, 0) is 80.7 Å². The van der Waals surface area contributed by atoms with Crippen molar-refractivity contribution >= 4 is 33.8 Å². The summed E-state index contributed by atoms with van der Waals surface area (Å²) in [4.78, 5) is 36.4. The van der Waals surface area contributed by atoms with Crippen LogP contribution in [0, 0.1) is 11.7 Å². The Bertz CT molecular complexity index is 2050. The molecule has 1 aliphatic heterocycles. The molecule has 6 heterocycles. The standard InChI is InChI=1S/C33H30FN9O2/c34-22-13-20(15-24(16-22)45-12-11-43-9-1-2-10-43)25-7-8-36-31-28(25)39-32(40-31)30-29-27(41-42-30)6-5-26(38-29)21-14-23(18-35-17-21)37-33(44)19-3-4-19/h5-8,13-19H,1-4,9-12H2,(H,37,44)(H,41,42)(H,36,39,40). The van der Waals surface area contributed by atoms with E-state index >= 15 is 0 Å². The number of imidazole rings is 1. The first-order chi connectivity index (χ1) is 22.1. The topological polar surface area (TPSA) is 138 Å². The van der Waals surface area contributed by atoms with Crippen molar-refractivity contribution < 1.29 is 13.9 Å². The fourth-order valence-corrected chi connectivity index (χ4v) is 5.83. The van der Waals surface area contributed by atoms with Gasteiger partial charge in [0.05, 0.1) is 28.6 Å². The van der Waals surface area contributed by atoms with Crippen LogP contribution in [0.4, 0.5) is 10.1 Å². The van der Waals surface area contributed by atoms with Crippen molar-refractivity contribution in [2.45, 2.75) is 25.7 Å². The van der Waals surface area contributed by atoms with E-state index in [4.69, 9.17) is 14.7 Å². The summed E-state index contributed by atoms with van der Waals surface area (Å²) in [5, 5.41) is 10.5. The number of anilines is 1. The van der Waals surface area contributed by atoms with Crippen molar-refractivity contribution in [3.63, 3.8) is 0 Å². The van der Waals surface area contributed by atoms with Gasteiger partial charge < -0.3 is 15.0 Å². The van der Waals surface area contributed by atoms with Crippen LogP contribution in [-0.4, -0.2) is 72.2 Å². The molecule has 3 N–H and O–H groups in total. The highest BCUT2D eigenvalue weighted by Crippen LogP contribution is 2.34. The summed E-state index contributed by atoms with van der Waals surface area (Å²) in [7, 11) is 0. The lowest BCUT2D eigenvalue weighted by atomic mass is 10.1. The predicted molar refractivity (Wildman–Crippen MR) is 168 cm³/mol. The van der Waals surface area contributed by atoms with Crippen LogP contribution in [0.25, 0.3) is 56.1 Å². The van der Waals surface area contributed by atoms with Gasteiger partial charge in [-0.3, -0.25) is 19.8 Å². The summed E-state index contributed by atoms with van der Waals surface area (Å²) in [5.74, 6) is 0.690. The minimum absolute atomic E-state index is 0.0202. The molecule has 2 aliphatic rings. The van der Waals surface area contributed by atoms with Gasteiger partial charge in [0.2, 0.25) is 5.91 Å². The highest BCUT2D eigenvalue weighted by molar-refractivity contribution is 5.96. The van der Waals surface area contributed by atoms with Crippen molar-refractivity contribution in [3.8, 4) is 39.7 Å². The first-order valence-electron chi connectivity index (χ1n) is 15.2. The molecule has 1 aliphatic carbocycles. The van der Waals surface area contributed by atoms with E-state index in [1.54, 1.807) is 18.6 Å². The van der Waals surface area contributed by atoms with Crippen LogP contribution < -0.4 is 10.1 Å². The van der Waals surface area contributed by atoms with Crippen molar-refractivity contribution in [1.82, 2.24) is 40.0 Å². The number of nitrogens with zero attached hydrogens (tertiary/aromatic N) is 6. The Kier molecular flexibility index (Phi) is 6.90. The zero-order chi connectivity index (χ0) is 30.3. The fraction of sp³-hybridized carbons (Fsp3) is 0.273. The maximum absolute atomic E-state index is 14.8. The van der Waals surface area contributed by atoms with Gasteiger partial charge in [-0.25, -0.2) is 19.3 Å². The minimum Gasteiger partial charge on any atom is -0.492 e. The number of H-pyrrole nitrogens is 2. The van der Waals surface area contributed by atoms with Crippen LogP contribution >= 0.6 is 0 Å². The van der Waals surface area contributed by atoms with Gasteiger partial charge in [0.15, 0.2) is 17.2 Å². The third-order valence-electron chi connectivity index (χ3n) is 8.33. The number of rotatable bonds is 9. The number of ether oxygens (including phenoxy) is 1. The van der Waals surface area contributed by atoms with E-state index in [1.165, 1.54) is 25.0 Å². The van der Waals surface area contributed by atoms with Crippen molar-refractivity contribution in [3.05, 3.63) is 66.9 Å². The van der Waals surface area contributed by atoms with Gasteiger partial charge >= 0.3 is 0 Å². The summed E-state index contributed by atoms with van der Waals surface area (Å²) in [5.41, 5.74) is 6.45. The molecule has 0 spiro atoms. The number of aromatic amines is 2. The maximum Gasteiger partial charge on any atom is 0.227 e. The molecule has 6 aromatic rings. The number of fused-ring (bicyclic) bond motifs is 2. The SMILES string of the molecule is O=C(Nc1cncc(-c2ccc3[nH]nc(-c4nc5nccc(-c6cc(F)cc(OCCN7CCCC7)c6)c5[nH]4)c3n2)c1)C1CC1. The van der Waals surface area contributed by atoms with Crippen LogP contribution in [-0.2, 0) is 4.79 Å². The second-order valence-corrected chi connectivity index (χ2v) is 11.6. The number of pyridine rings is 3. The number of nitrogens with one attached hydrogen (secondary N) is 3. The van der Waals surface area contributed by atoms with Gasteiger partial charge in [-0.1, -0.05) is 0 Å². The van der Waals surface area contributed by atoms with Gasteiger partial charge in [0, 0.05) is 42.0 Å². The second-order valence-electron chi connectivity index (χ2n) is 11.6. The van der Waals surface area contributed by atoms with Crippen molar-refractivity contribution in [2.75, 3.05) is 31.6 Å². The molecular formula is C33H30FN9O2. The molecule has 0 unspecified atom stereocenters. The number of hydrogen-bond acceptors (Lipinski definition) is 8. The molecule has 1 saturated heterocycles. The van der Waals surface area contributed by atoms with Crippen LogP contribution in [0.1, 0.15) is 25.7 Å². The highest BCUT2D eigenvalue weighted by Gasteiger charge is 2.29. The molecule has 5 aromatic heterocycles. The Balaban J connectivity index is 1.10. The van der Waals surface area contributed by atoms with E-state index in [-0.39, 0.29) is 17.6 Å². The normalized spacial score (nSPS) is 15.2. The largest absolute Gasteiger partial charge is 0.492 e. The number of likely N-dealkylation sites (tertiary alicyclic amines) is 1. The number of aromatic nitrogens is 7. The smallest absolute Gasteiger partial charge is 0.227 e. The summed E-state index contributed by atoms with van der Waals surface area (Å²) < 4.78 is 20.7. The second kappa shape index (κ2) is 11.4. The molecule has 12 heteroatoms. The van der Waals surface area contributed by atoms with Crippen molar-refractivity contribution in [1.29, 1.82) is 0 Å². The Labute approximate surface area is 257 Å². The summed E-state index contributed by atoms with van der Waals surface area (Å²) >= 11 is 0. The average molecular weight is 604 g/mol. The first kappa shape index (κ1) is 27.3. The van der Waals surface area contributed by atoms with E-state index in [9.17, 15) is 9.18 Å².